The van der Waals surface area contributed by atoms with Crippen LogP contribution in [0.15, 0.2) is 84.0 Å². The van der Waals surface area contributed by atoms with Crippen LogP contribution < -0.4 is 14.8 Å². The molecule has 0 bridgehead atoms. The van der Waals surface area contributed by atoms with Crippen molar-refractivity contribution in [2.45, 2.75) is 6.61 Å². The number of nitrogens with zero attached hydrogens (tertiary/aromatic N) is 1. The lowest BCUT2D eigenvalue weighted by molar-refractivity contribution is -0.120. The van der Waals surface area contributed by atoms with Gasteiger partial charge in [0.15, 0.2) is 6.61 Å². The number of hydrogen-bond acceptors (Lipinski definition) is 5. The minimum absolute atomic E-state index is 0.197. The molecule has 1 amide bonds. The van der Waals surface area contributed by atoms with E-state index in [2.05, 4.69) is 10.5 Å². The summed E-state index contributed by atoms with van der Waals surface area (Å²) in [5.74, 6) is 1.10. The van der Waals surface area contributed by atoms with Crippen molar-refractivity contribution < 1.29 is 19.1 Å². The van der Waals surface area contributed by atoms with E-state index < -0.39 is 0 Å². The fraction of sp³-hybridized carbons (Fsp3) is 0.130. The fourth-order valence-electron chi connectivity index (χ4n) is 2.54. The van der Waals surface area contributed by atoms with Gasteiger partial charge in [0, 0.05) is 11.3 Å². The molecule has 0 fully saturated rings. The standard InChI is InChI=1S/C23H22N2O4/c1-27-22-10-6-5-9-19(22)15-24-29-17-23(26)25-20-11-13-21(14-12-20)28-16-18-7-3-2-4-8-18/h2-15H,16-17H2,1H3,(H,25,26)/b24-15-. The van der Waals surface area contributed by atoms with Crippen LogP contribution in [0.25, 0.3) is 0 Å². The molecule has 0 aliphatic rings. The molecule has 0 spiro atoms. The summed E-state index contributed by atoms with van der Waals surface area (Å²) >= 11 is 0. The number of ether oxygens (including phenoxy) is 2. The Kier molecular flexibility index (Phi) is 7.23. The third kappa shape index (κ3) is 6.39. The molecule has 3 rings (SSSR count). The van der Waals surface area contributed by atoms with Gasteiger partial charge in [0.25, 0.3) is 5.91 Å². The number of carbonyl (C=O) groups is 1. The molecule has 0 unspecified atom stereocenters. The summed E-state index contributed by atoms with van der Waals surface area (Å²) in [4.78, 5) is 17.0. The van der Waals surface area contributed by atoms with Gasteiger partial charge in [-0.05, 0) is 42.0 Å². The third-order valence-corrected chi connectivity index (χ3v) is 3.99. The average Bonchev–Trinajstić information content (AvgIpc) is 2.77. The Morgan fingerprint density at radius 1 is 0.966 bits per heavy atom. The number of oxime groups is 1. The van der Waals surface area contributed by atoms with Gasteiger partial charge in [-0.1, -0.05) is 47.6 Å². The molecule has 3 aromatic rings. The van der Waals surface area contributed by atoms with Gasteiger partial charge >= 0.3 is 0 Å². The van der Waals surface area contributed by atoms with Gasteiger partial charge in [-0.3, -0.25) is 4.79 Å². The Balaban J connectivity index is 1.42. The Bertz CT molecular complexity index is 941. The van der Waals surface area contributed by atoms with Crippen LogP contribution in [0.5, 0.6) is 11.5 Å². The molecular weight excluding hydrogens is 368 g/mol. The molecular formula is C23H22N2O4. The van der Waals surface area contributed by atoms with Crippen LogP contribution in [0.3, 0.4) is 0 Å². The molecule has 0 saturated carbocycles. The summed E-state index contributed by atoms with van der Waals surface area (Å²) < 4.78 is 10.9. The van der Waals surface area contributed by atoms with Crippen molar-refractivity contribution >= 4 is 17.8 Å². The Morgan fingerprint density at radius 2 is 1.69 bits per heavy atom. The summed E-state index contributed by atoms with van der Waals surface area (Å²) in [6.07, 6.45) is 1.50. The molecule has 0 aromatic heterocycles. The lowest BCUT2D eigenvalue weighted by atomic mass is 10.2. The molecule has 0 atom stereocenters. The van der Waals surface area contributed by atoms with Gasteiger partial charge in [-0.25, -0.2) is 0 Å². The van der Waals surface area contributed by atoms with Crippen LogP contribution >= 0.6 is 0 Å². The number of nitrogens with one attached hydrogen (secondary N) is 1. The van der Waals surface area contributed by atoms with Crippen LogP contribution in [0, 0.1) is 0 Å². The molecule has 0 aliphatic carbocycles. The van der Waals surface area contributed by atoms with Crippen molar-refractivity contribution in [1.82, 2.24) is 0 Å². The SMILES string of the molecule is COc1ccccc1/C=N\OCC(=O)Nc1ccc(OCc2ccccc2)cc1. The number of anilines is 1. The number of benzene rings is 3. The van der Waals surface area contributed by atoms with Crippen LogP contribution in [0.4, 0.5) is 5.69 Å². The van der Waals surface area contributed by atoms with Crippen LogP contribution in [0.1, 0.15) is 11.1 Å². The number of amides is 1. The van der Waals surface area contributed by atoms with Gasteiger partial charge in [-0.15, -0.1) is 0 Å². The lowest BCUT2D eigenvalue weighted by Gasteiger charge is -2.08. The van der Waals surface area contributed by atoms with E-state index in [-0.39, 0.29) is 12.5 Å². The molecule has 6 nitrogen and oxygen atoms in total. The predicted octanol–water partition coefficient (Wildman–Crippen LogP) is 4.26. The Labute approximate surface area is 169 Å². The second-order valence-electron chi connectivity index (χ2n) is 6.10. The normalized spacial score (nSPS) is 10.5. The van der Waals surface area contributed by atoms with E-state index in [4.69, 9.17) is 14.3 Å². The summed E-state index contributed by atoms with van der Waals surface area (Å²) in [5.41, 5.74) is 2.51. The second kappa shape index (κ2) is 10.5. The molecule has 1 N–H and O–H groups in total. The largest absolute Gasteiger partial charge is 0.496 e. The molecule has 29 heavy (non-hydrogen) atoms. The maximum absolute atomic E-state index is 12.0. The third-order valence-electron chi connectivity index (χ3n) is 3.99. The topological polar surface area (TPSA) is 69.2 Å². The number of hydrogen-bond donors (Lipinski definition) is 1. The van der Waals surface area contributed by atoms with E-state index in [0.29, 0.717) is 18.0 Å². The molecule has 0 aliphatic heterocycles. The van der Waals surface area contributed by atoms with E-state index in [9.17, 15) is 4.79 Å². The summed E-state index contributed by atoms with van der Waals surface area (Å²) in [6.45, 7) is 0.294. The number of para-hydroxylation sites is 1. The zero-order valence-corrected chi connectivity index (χ0v) is 16.1. The summed E-state index contributed by atoms with van der Waals surface area (Å²) in [6, 6.07) is 24.5. The predicted molar refractivity (Wildman–Crippen MR) is 112 cm³/mol. The van der Waals surface area contributed by atoms with Crippen molar-refractivity contribution in [3.05, 3.63) is 90.0 Å². The smallest absolute Gasteiger partial charge is 0.265 e. The molecule has 6 heteroatoms. The van der Waals surface area contributed by atoms with Crippen molar-refractivity contribution in [2.75, 3.05) is 19.0 Å². The van der Waals surface area contributed by atoms with Crippen molar-refractivity contribution in [1.29, 1.82) is 0 Å². The van der Waals surface area contributed by atoms with Crippen LogP contribution in [-0.2, 0) is 16.2 Å². The molecule has 3 aromatic carbocycles. The van der Waals surface area contributed by atoms with Gasteiger partial charge in [0.2, 0.25) is 0 Å². The first-order valence-electron chi connectivity index (χ1n) is 9.09. The lowest BCUT2D eigenvalue weighted by Crippen LogP contribution is -2.16. The van der Waals surface area contributed by atoms with Gasteiger partial charge in [0.1, 0.15) is 18.1 Å². The van der Waals surface area contributed by atoms with Crippen molar-refractivity contribution in [3.63, 3.8) is 0 Å². The van der Waals surface area contributed by atoms with Crippen molar-refractivity contribution in [3.8, 4) is 11.5 Å². The average molecular weight is 390 g/mol. The highest BCUT2D eigenvalue weighted by Crippen LogP contribution is 2.17. The Morgan fingerprint density at radius 3 is 2.45 bits per heavy atom. The highest BCUT2D eigenvalue weighted by atomic mass is 16.6. The van der Waals surface area contributed by atoms with Crippen molar-refractivity contribution in [2.24, 2.45) is 5.16 Å². The quantitative estimate of drug-likeness (QED) is 0.438. The molecule has 0 saturated heterocycles. The maximum Gasteiger partial charge on any atom is 0.265 e. The number of carbonyl (C=O) groups excluding carboxylic acids is 1. The van der Waals surface area contributed by atoms with Gasteiger partial charge in [-0.2, -0.15) is 0 Å². The fourth-order valence-corrected chi connectivity index (χ4v) is 2.54. The highest BCUT2D eigenvalue weighted by molar-refractivity contribution is 5.91. The first-order chi connectivity index (χ1) is 14.2. The minimum atomic E-state index is -0.305. The Hall–Kier alpha value is -3.80. The van der Waals surface area contributed by atoms with Gasteiger partial charge in [0.05, 0.1) is 13.3 Å². The van der Waals surface area contributed by atoms with E-state index in [1.54, 1.807) is 31.4 Å². The van der Waals surface area contributed by atoms with E-state index in [0.717, 1.165) is 16.9 Å². The molecule has 0 radical (unpaired) electrons. The monoisotopic (exact) mass is 390 g/mol. The summed E-state index contributed by atoms with van der Waals surface area (Å²) in [5, 5.41) is 6.56. The van der Waals surface area contributed by atoms with E-state index in [1.807, 2.05) is 54.6 Å². The zero-order valence-electron chi connectivity index (χ0n) is 16.1. The van der Waals surface area contributed by atoms with E-state index >= 15 is 0 Å². The zero-order chi connectivity index (χ0) is 20.3. The van der Waals surface area contributed by atoms with E-state index in [1.165, 1.54) is 6.21 Å². The van der Waals surface area contributed by atoms with Crippen LogP contribution in [-0.4, -0.2) is 25.8 Å². The number of methoxy groups -OCH3 is 1. The summed E-state index contributed by atoms with van der Waals surface area (Å²) in [7, 11) is 1.58. The molecule has 148 valence electrons. The first kappa shape index (κ1) is 19.9. The number of rotatable bonds is 9. The second-order valence-corrected chi connectivity index (χ2v) is 6.10. The van der Waals surface area contributed by atoms with Crippen LogP contribution in [0.2, 0.25) is 0 Å². The maximum atomic E-state index is 12.0. The minimum Gasteiger partial charge on any atom is -0.496 e. The molecule has 0 heterocycles. The van der Waals surface area contributed by atoms with Gasteiger partial charge < -0.3 is 19.6 Å². The highest BCUT2D eigenvalue weighted by Gasteiger charge is 2.04. The first-order valence-corrected chi connectivity index (χ1v) is 9.09.